The van der Waals surface area contributed by atoms with E-state index in [1.54, 1.807) is 41.3 Å². The van der Waals surface area contributed by atoms with Crippen LogP contribution in [0.25, 0.3) is 0 Å². The van der Waals surface area contributed by atoms with Gasteiger partial charge in [0.25, 0.3) is 5.91 Å². The molecule has 2 aromatic rings. The first kappa shape index (κ1) is 17.9. The first-order valence-electron chi connectivity index (χ1n) is 8.17. The van der Waals surface area contributed by atoms with Crippen molar-refractivity contribution in [2.45, 2.75) is 12.5 Å². The van der Waals surface area contributed by atoms with E-state index in [4.69, 9.17) is 14.6 Å². The van der Waals surface area contributed by atoms with Gasteiger partial charge in [0, 0.05) is 24.7 Å². The fourth-order valence-corrected chi connectivity index (χ4v) is 2.74. The standard InChI is InChI=1S/C19H18FNO5/c20-14-2-1-3-16(10-14)26-15-6-4-13(5-7-15)19(24)21-8-9-25-17(12-21)11-18(22)23/h1-7,10,17H,8-9,11-12H2,(H,22,23)/t17-/m0/s1. The molecule has 1 aliphatic heterocycles. The van der Waals surface area contributed by atoms with Crippen LogP contribution >= 0.6 is 0 Å². The Morgan fingerprint density at radius 2 is 1.96 bits per heavy atom. The van der Waals surface area contributed by atoms with E-state index < -0.39 is 17.9 Å². The summed E-state index contributed by atoms with van der Waals surface area (Å²) in [6.45, 7) is 0.966. The Morgan fingerprint density at radius 1 is 1.19 bits per heavy atom. The summed E-state index contributed by atoms with van der Waals surface area (Å²) in [6, 6.07) is 12.3. The molecule has 2 aromatic carbocycles. The van der Waals surface area contributed by atoms with E-state index in [1.807, 2.05) is 0 Å². The maximum Gasteiger partial charge on any atom is 0.306 e. The van der Waals surface area contributed by atoms with Gasteiger partial charge in [0.1, 0.15) is 17.3 Å². The topological polar surface area (TPSA) is 76.1 Å². The summed E-state index contributed by atoms with van der Waals surface area (Å²) in [4.78, 5) is 25.0. The molecule has 0 radical (unpaired) electrons. The van der Waals surface area contributed by atoms with Crippen LogP contribution in [0.4, 0.5) is 4.39 Å². The highest BCUT2D eigenvalue weighted by Gasteiger charge is 2.26. The van der Waals surface area contributed by atoms with Gasteiger partial charge in [0.2, 0.25) is 0 Å². The predicted molar refractivity (Wildman–Crippen MR) is 90.8 cm³/mol. The van der Waals surface area contributed by atoms with Crippen molar-refractivity contribution in [2.24, 2.45) is 0 Å². The number of ether oxygens (including phenoxy) is 2. The third-order valence-corrected chi connectivity index (χ3v) is 3.96. The van der Waals surface area contributed by atoms with E-state index in [0.717, 1.165) is 0 Å². The fourth-order valence-electron chi connectivity index (χ4n) is 2.74. The zero-order valence-corrected chi connectivity index (χ0v) is 13.9. The SMILES string of the molecule is O=C(O)C[C@H]1CN(C(=O)c2ccc(Oc3cccc(F)c3)cc2)CCO1. The van der Waals surface area contributed by atoms with Crippen molar-refractivity contribution in [1.82, 2.24) is 4.90 Å². The van der Waals surface area contributed by atoms with Crippen LogP contribution in [0.2, 0.25) is 0 Å². The molecule has 0 unspecified atom stereocenters. The highest BCUT2D eigenvalue weighted by Crippen LogP contribution is 2.23. The average molecular weight is 359 g/mol. The van der Waals surface area contributed by atoms with Crippen LogP contribution in [-0.2, 0) is 9.53 Å². The molecule has 1 heterocycles. The lowest BCUT2D eigenvalue weighted by atomic mass is 10.1. The van der Waals surface area contributed by atoms with Crippen LogP contribution in [-0.4, -0.2) is 47.7 Å². The number of halogens is 1. The molecule has 6 nitrogen and oxygen atoms in total. The summed E-state index contributed by atoms with van der Waals surface area (Å²) in [6.07, 6.45) is -0.634. The first-order valence-corrected chi connectivity index (χ1v) is 8.17. The van der Waals surface area contributed by atoms with Gasteiger partial charge in [-0.25, -0.2) is 4.39 Å². The quantitative estimate of drug-likeness (QED) is 0.888. The normalized spacial score (nSPS) is 17.0. The molecule has 1 atom stereocenters. The Bertz CT molecular complexity index is 793. The number of benzene rings is 2. The second-order valence-corrected chi connectivity index (χ2v) is 5.93. The summed E-state index contributed by atoms with van der Waals surface area (Å²) in [5.74, 6) is -0.687. The van der Waals surface area contributed by atoms with Crippen molar-refractivity contribution in [1.29, 1.82) is 0 Å². The van der Waals surface area contributed by atoms with Gasteiger partial charge in [0.15, 0.2) is 0 Å². The molecule has 1 N–H and O–H groups in total. The van der Waals surface area contributed by atoms with Gasteiger partial charge in [-0.3, -0.25) is 9.59 Å². The minimum Gasteiger partial charge on any atom is -0.481 e. The summed E-state index contributed by atoms with van der Waals surface area (Å²) in [7, 11) is 0. The van der Waals surface area contributed by atoms with Gasteiger partial charge in [-0.2, -0.15) is 0 Å². The molecule has 1 fully saturated rings. The molecule has 26 heavy (non-hydrogen) atoms. The molecule has 1 aliphatic rings. The lowest BCUT2D eigenvalue weighted by Crippen LogP contribution is -2.46. The van der Waals surface area contributed by atoms with E-state index in [0.29, 0.717) is 30.2 Å². The first-order chi connectivity index (χ1) is 12.5. The van der Waals surface area contributed by atoms with E-state index in [1.165, 1.54) is 12.1 Å². The van der Waals surface area contributed by atoms with Gasteiger partial charge >= 0.3 is 5.97 Å². The van der Waals surface area contributed by atoms with Crippen molar-refractivity contribution in [2.75, 3.05) is 19.7 Å². The summed E-state index contributed by atoms with van der Waals surface area (Å²) in [5.41, 5.74) is 0.465. The third kappa shape index (κ3) is 4.58. The van der Waals surface area contributed by atoms with E-state index >= 15 is 0 Å². The van der Waals surface area contributed by atoms with Gasteiger partial charge in [0.05, 0.1) is 19.1 Å². The summed E-state index contributed by atoms with van der Waals surface area (Å²) >= 11 is 0. The summed E-state index contributed by atoms with van der Waals surface area (Å²) in [5, 5.41) is 8.86. The number of hydrogen-bond acceptors (Lipinski definition) is 4. The molecule has 0 aliphatic carbocycles. The van der Waals surface area contributed by atoms with Crippen molar-refractivity contribution >= 4 is 11.9 Å². The van der Waals surface area contributed by atoms with Crippen LogP contribution in [0.15, 0.2) is 48.5 Å². The van der Waals surface area contributed by atoms with E-state index in [-0.39, 0.29) is 18.9 Å². The molecule has 0 spiro atoms. The zero-order chi connectivity index (χ0) is 18.5. The molecule has 0 saturated carbocycles. The number of nitrogens with zero attached hydrogens (tertiary/aromatic N) is 1. The Labute approximate surface area is 149 Å². The molecule has 7 heteroatoms. The molecular weight excluding hydrogens is 341 g/mol. The maximum atomic E-state index is 13.2. The van der Waals surface area contributed by atoms with E-state index in [9.17, 15) is 14.0 Å². The Hall–Kier alpha value is -2.93. The van der Waals surface area contributed by atoms with Crippen molar-refractivity contribution < 1.29 is 28.6 Å². The smallest absolute Gasteiger partial charge is 0.306 e. The van der Waals surface area contributed by atoms with Gasteiger partial charge in [-0.15, -0.1) is 0 Å². The highest BCUT2D eigenvalue weighted by atomic mass is 19.1. The largest absolute Gasteiger partial charge is 0.481 e. The summed E-state index contributed by atoms with van der Waals surface area (Å²) < 4.78 is 24.1. The number of carboxylic acid groups (broad SMARTS) is 1. The Balaban J connectivity index is 1.64. The monoisotopic (exact) mass is 359 g/mol. The second kappa shape index (κ2) is 7.97. The Morgan fingerprint density at radius 3 is 2.65 bits per heavy atom. The number of carboxylic acids is 1. The maximum absolute atomic E-state index is 13.2. The lowest BCUT2D eigenvalue weighted by molar-refractivity contribution is -0.141. The number of carbonyl (C=O) groups is 2. The predicted octanol–water partition coefficient (Wildman–Crippen LogP) is 2.93. The van der Waals surface area contributed by atoms with E-state index in [2.05, 4.69) is 0 Å². The fraction of sp³-hybridized carbons (Fsp3) is 0.263. The highest BCUT2D eigenvalue weighted by molar-refractivity contribution is 5.94. The lowest BCUT2D eigenvalue weighted by Gasteiger charge is -2.32. The zero-order valence-electron chi connectivity index (χ0n) is 13.9. The average Bonchev–Trinajstić information content (AvgIpc) is 2.61. The number of morpholine rings is 1. The minimum atomic E-state index is -0.955. The Kier molecular flexibility index (Phi) is 5.48. The molecule has 1 saturated heterocycles. The number of rotatable bonds is 5. The number of aliphatic carboxylic acids is 1. The molecule has 0 bridgehead atoms. The molecular formula is C19H18FNO5. The van der Waals surface area contributed by atoms with Gasteiger partial charge < -0.3 is 19.5 Å². The van der Waals surface area contributed by atoms with Crippen LogP contribution in [0.3, 0.4) is 0 Å². The van der Waals surface area contributed by atoms with Crippen LogP contribution in [0.5, 0.6) is 11.5 Å². The number of amides is 1. The third-order valence-electron chi connectivity index (χ3n) is 3.96. The number of hydrogen-bond donors (Lipinski definition) is 1. The van der Waals surface area contributed by atoms with Gasteiger partial charge in [-0.1, -0.05) is 6.07 Å². The van der Waals surface area contributed by atoms with Crippen LogP contribution in [0.1, 0.15) is 16.8 Å². The van der Waals surface area contributed by atoms with Crippen molar-refractivity contribution in [3.8, 4) is 11.5 Å². The van der Waals surface area contributed by atoms with Crippen LogP contribution < -0.4 is 4.74 Å². The second-order valence-electron chi connectivity index (χ2n) is 5.93. The molecule has 1 amide bonds. The molecule has 136 valence electrons. The van der Waals surface area contributed by atoms with Crippen molar-refractivity contribution in [3.05, 3.63) is 59.9 Å². The molecule has 3 rings (SSSR count). The van der Waals surface area contributed by atoms with Gasteiger partial charge in [-0.05, 0) is 36.4 Å². The number of carbonyl (C=O) groups excluding carboxylic acids is 1. The van der Waals surface area contributed by atoms with Crippen molar-refractivity contribution in [3.63, 3.8) is 0 Å². The molecule has 0 aromatic heterocycles. The minimum absolute atomic E-state index is 0.135. The van der Waals surface area contributed by atoms with Crippen LogP contribution in [0, 0.1) is 5.82 Å².